The Labute approximate surface area is 151 Å². The highest BCUT2D eigenvalue weighted by Gasteiger charge is 2.39. The molecule has 1 fully saturated rings. The number of aromatic nitrogens is 2. The average molecular weight is 393 g/mol. The van der Waals surface area contributed by atoms with E-state index in [1.807, 2.05) is 0 Å². The third-order valence-corrected chi connectivity index (χ3v) is 5.77. The molecule has 0 amide bonds. The molecule has 0 spiro atoms. The van der Waals surface area contributed by atoms with Crippen molar-refractivity contribution in [2.75, 3.05) is 0 Å². The number of nitrogens with one attached hydrogen (secondary N) is 1. The lowest BCUT2D eigenvalue weighted by Gasteiger charge is -2.34. The number of rotatable bonds is 5. The zero-order valence-electron chi connectivity index (χ0n) is 12.9. The van der Waals surface area contributed by atoms with Crippen LogP contribution in [-0.4, -0.2) is 18.6 Å². The second kappa shape index (κ2) is 6.97. The third kappa shape index (κ3) is 3.73. The lowest BCUT2D eigenvalue weighted by molar-refractivity contribution is 0.228. The van der Waals surface area contributed by atoms with Crippen molar-refractivity contribution < 1.29 is 12.9 Å². The van der Waals surface area contributed by atoms with Gasteiger partial charge < -0.3 is 10.3 Å². The standard InChI is InChI=1S/C14H17ClN4O3S.ClH/c1-9(12-17-13(18-22-12)14(16)7-2-8-14)19-23(20,21)11-5-3-10(15)4-6-11;/h3-6,9,19H,2,7-8,16H2,1H3;1H. The van der Waals surface area contributed by atoms with E-state index in [0.29, 0.717) is 10.8 Å². The second-order valence-corrected chi connectivity index (χ2v) is 7.91. The molecule has 1 aromatic heterocycles. The van der Waals surface area contributed by atoms with Gasteiger partial charge in [-0.2, -0.15) is 9.71 Å². The Bertz CT molecular complexity index is 804. The molecule has 10 heteroatoms. The molecule has 132 valence electrons. The summed E-state index contributed by atoms with van der Waals surface area (Å²) in [6.07, 6.45) is 2.63. The summed E-state index contributed by atoms with van der Waals surface area (Å²) in [5, 5.41) is 4.35. The topological polar surface area (TPSA) is 111 Å². The molecule has 0 aliphatic heterocycles. The van der Waals surface area contributed by atoms with Crippen molar-refractivity contribution in [3.63, 3.8) is 0 Å². The molecule has 1 saturated carbocycles. The Balaban J connectivity index is 0.00000208. The first-order valence-corrected chi connectivity index (χ1v) is 9.07. The zero-order chi connectivity index (χ0) is 16.7. The SMILES string of the molecule is CC(NS(=O)(=O)c1ccc(Cl)cc1)c1nc(C2(N)CCC2)no1.Cl. The van der Waals surface area contributed by atoms with Crippen molar-refractivity contribution in [2.24, 2.45) is 5.73 Å². The number of sulfonamides is 1. The van der Waals surface area contributed by atoms with Gasteiger partial charge in [-0.25, -0.2) is 8.42 Å². The molecular formula is C14H18Cl2N4O3S. The summed E-state index contributed by atoms with van der Waals surface area (Å²) in [6.45, 7) is 1.63. The Kier molecular flexibility index (Phi) is 5.56. The molecule has 3 N–H and O–H groups in total. The number of nitrogens with zero attached hydrogens (tertiary/aromatic N) is 2. The first kappa shape index (κ1) is 19.1. The van der Waals surface area contributed by atoms with Gasteiger partial charge in [0.25, 0.3) is 0 Å². The van der Waals surface area contributed by atoms with Crippen molar-refractivity contribution >= 4 is 34.0 Å². The minimum Gasteiger partial charge on any atom is -0.338 e. The van der Waals surface area contributed by atoms with E-state index in [1.54, 1.807) is 6.92 Å². The van der Waals surface area contributed by atoms with Gasteiger partial charge in [-0.1, -0.05) is 16.8 Å². The van der Waals surface area contributed by atoms with Crippen LogP contribution in [0.15, 0.2) is 33.7 Å². The van der Waals surface area contributed by atoms with Gasteiger partial charge in [-0.3, -0.25) is 0 Å². The summed E-state index contributed by atoms with van der Waals surface area (Å²) in [5.41, 5.74) is 5.59. The molecule has 0 bridgehead atoms. The Morgan fingerprint density at radius 3 is 2.50 bits per heavy atom. The number of benzene rings is 1. The van der Waals surface area contributed by atoms with Gasteiger partial charge in [-0.15, -0.1) is 12.4 Å². The maximum absolute atomic E-state index is 12.3. The van der Waals surface area contributed by atoms with Crippen LogP contribution < -0.4 is 10.5 Å². The normalized spacial score (nSPS) is 17.6. The van der Waals surface area contributed by atoms with E-state index in [-0.39, 0.29) is 23.2 Å². The van der Waals surface area contributed by atoms with E-state index in [1.165, 1.54) is 24.3 Å². The predicted octanol–water partition coefficient (Wildman–Crippen LogP) is 2.52. The molecule has 3 rings (SSSR count). The Morgan fingerprint density at radius 1 is 1.33 bits per heavy atom. The lowest BCUT2D eigenvalue weighted by Crippen LogP contribution is -2.44. The molecular weight excluding hydrogens is 375 g/mol. The average Bonchev–Trinajstić information content (AvgIpc) is 2.95. The monoisotopic (exact) mass is 392 g/mol. The van der Waals surface area contributed by atoms with Crippen LogP contribution in [0.3, 0.4) is 0 Å². The molecule has 2 aromatic rings. The number of hydrogen-bond donors (Lipinski definition) is 2. The van der Waals surface area contributed by atoms with E-state index >= 15 is 0 Å². The molecule has 1 heterocycles. The van der Waals surface area contributed by atoms with E-state index in [9.17, 15) is 8.42 Å². The van der Waals surface area contributed by atoms with Crippen LogP contribution in [0.2, 0.25) is 5.02 Å². The van der Waals surface area contributed by atoms with E-state index in [2.05, 4.69) is 14.9 Å². The van der Waals surface area contributed by atoms with Gasteiger partial charge in [0, 0.05) is 5.02 Å². The van der Waals surface area contributed by atoms with Crippen molar-refractivity contribution in [3.05, 3.63) is 41.0 Å². The number of halogens is 2. The second-order valence-electron chi connectivity index (χ2n) is 5.76. The maximum Gasteiger partial charge on any atom is 0.244 e. The van der Waals surface area contributed by atoms with Crippen molar-refractivity contribution in [1.82, 2.24) is 14.9 Å². The molecule has 1 unspecified atom stereocenters. The van der Waals surface area contributed by atoms with Gasteiger partial charge in [0.1, 0.15) is 0 Å². The van der Waals surface area contributed by atoms with Gasteiger partial charge in [0.05, 0.1) is 16.5 Å². The summed E-state index contributed by atoms with van der Waals surface area (Å²) in [5.74, 6) is 0.616. The molecule has 1 aromatic carbocycles. The van der Waals surface area contributed by atoms with E-state index < -0.39 is 21.6 Å². The van der Waals surface area contributed by atoms with Crippen molar-refractivity contribution in [1.29, 1.82) is 0 Å². The van der Waals surface area contributed by atoms with Gasteiger partial charge in [-0.05, 0) is 50.5 Å². The highest BCUT2D eigenvalue weighted by molar-refractivity contribution is 7.89. The van der Waals surface area contributed by atoms with E-state index in [4.69, 9.17) is 21.9 Å². The van der Waals surface area contributed by atoms with E-state index in [0.717, 1.165) is 19.3 Å². The summed E-state index contributed by atoms with van der Waals surface area (Å²) >= 11 is 5.77. The minimum absolute atomic E-state index is 0. The van der Waals surface area contributed by atoms with Crippen LogP contribution in [0, 0.1) is 0 Å². The summed E-state index contributed by atoms with van der Waals surface area (Å²) in [7, 11) is -3.71. The molecule has 7 nitrogen and oxygen atoms in total. The number of nitrogens with two attached hydrogens (primary N) is 1. The molecule has 1 aliphatic carbocycles. The van der Waals surface area contributed by atoms with Crippen LogP contribution in [0.4, 0.5) is 0 Å². The van der Waals surface area contributed by atoms with Crippen LogP contribution in [-0.2, 0) is 15.6 Å². The largest absolute Gasteiger partial charge is 0.338 e. The molecule has 0 saturated heterocycles. The van der Waals surface area contributed by atoms with Gasteiger partial charge >= 0.3 is 0 Å². The predicted molar refractivity (Wildman–Crippen MR) is 91.5 cm³/mol. The fraction of sp³-hybridized carbons (Fsp3) is 0.429. The smallest absolute Gasteiger partial charge is 0.244 e. The Morgan fingerprint density at radius 2 is 1.96 bits per heavy atom. The van der Waals surface area contributed by atoms with Crippen molar-refractivity contribution in [3.8, 4) is 0 Å². The molecule has 1 atom stereocenters. The van der Waals surface area contributed by atoms with Crippen LogP contribution in [0.25, 0.3) is 0 Å². The Hall–Kier alpha value is -1.19. The quantitative estimate of drug-likeness (QED) is 0.808. The van der Waals surface area contributed by atoms with Crippen molar-refractivity contribution in [2.45, 2.75) is 42.7 Å². The maximum atomic E-state index is 12.3. The zero-order valence-corrected chi connectivity index (χ0v) is 15.3. The van der Waals surface area contributed by atoms with Crippen LogP contribution in [0.5, 0.6) is 0 Å². The molecule has 0 radical (unpaired) electrons. The summed E-state index contributed by atoms with van der Waals surface area (Å²) in [6, 6.07) is 5.22. The summed E-state index contributed by atoms with van der Waals surface area (Å²) < 4.78 is 32.3. The summed E-state index contributed by atoms with van der Waals surface area (Å²) in [4.78, 5) is 4.36. The van der Waals surface area contributed by atoms with Gasteiger partial charge in [0.2, 0.25) is 15.9 Å². The third-order valence-electron chi connectivity index (χ3n) is 3.96. The molecule has 24 heavy (non-hydrogen) atoms. The van der Waals surface area contributed by atoms with Crippen LogP contribution >= 0.6 is 24.0 Å². The van der Waals surface area contributed by atoms with Crippen LogP contribution in [0.1, 0.15) is 43.9 Å². The fourth-order valence-corrected chi connectivity index (χ4v) is 3.68. The highest BCUT2D eigenvalue weighted by atomic mass is 35.5. The first-order valence-electron chi connectivity index (χ1n) is 7.21. The first-order chi connectivity index (χ1) is 10.8. The number of hydrogen-bond acceptors (Lipinski definition) is 6. The lowest BCUT2D eigenvalue weighted by atomic mass is 9.77. The van der Waals surface area contributed by atoms with Gasteiger partial charge in [0.15, 0.2) is 5.82 Å². The fourth-order valence-electron chi connectivity index (χ4n) is 2.36. The molecule has 1 aliphatic rings. The highest BCUT2D eigenvalue weighted by Crippen LogP contribution is 2.37. The minimum atomic E-state index is -3.71.